The van der Waals surface area contributed by atoms with Gasteiger partial charge in [0.1, 0.15) is 5.82 Å². The van der Waals surface area contributed by atoms with Crippen molar-refractivity contribution in [2.45, 2.75) is 45.3 Å². The van der Waals surface area contributed by atoms with Crippen LogP contribution in [0.1, 0.15) is 59.3 Å². The van der Waals surface area contributed by atoms with E-state index < -0.39 is 17.7 Å². The summed E-state index contributed by atoms with van der Waals surface area (Å²) in [5, 5.41) is 18.4. The summed E-state index contributed by atoms with van der Waals surface area (Å²) in [7, 11) is 0. The summed E-state index contributed by atoms with van der Waals surface area (Å²) in [5.41, 5.74) is 1.37. The number of aliphatic carboxylic acids is 1. The van der Waals surface area contributed by atoms with E-state index in [0.717, 1.165) is 41.0 Å². The summed E-state index contributed by atoms with van der Waals surface area (Å²) in [5.74, 6) is -0.630. The molecule has 3 N–H and O–H groups in total. The molecule has 0 fully saturated rings. The molecule has 0 spiro atoms. The zero-order chi connectivity index (χ0) is 25.6. The smallest absolute Gasteiger partial charge is 0.419 e. The summed E-state index contributed by atoms with van der Waals surface area (Å²) < 4.78 is 39.8. The van der Waals surface area contributed by atoms with E-state index in [1.807, 2.05) is 19.9 Å². The molecule has 0 bridgehead atoms. The third kappa shape index (κ3) is 6.81. The molecule has 0 saturated heterocycles. The summed E-state index contributed by atoms with van der Waals surface area (Å²) in [6.07, 6.45) is -1.41. The minimum atomic E-state index is -4.49. The van der Waals surface area contributed by atoms with Crippen LogP contribution in [0.2, 0.25) is 0 Å². The van der Waals surface area contributed by atoms with Gasteiger partial charge in [0.2, 0.25) is 0 Å². The monoisotopic (exact) mass is 489 g/mol. The molecule has 2 heterocycles. The maximum atomic E-state index is 12.9. The SMILES string of the molecule is CCCC(Nc1cccc(-n2cc(C(F)(F)F)cn2)n1)c1ccc(C(=O)NCCC(=O)O)cc1C. The van der Waals surface area contributed by atoms with Crippen LogP contribution in [0.15, 0.2) is 48.8 Å². The van der Waals surface area contributed by atoms with Crippen LogP contribution in [-0.4, -0.2) is 38.3 Å². The molecule has 0 aliphatic heterocycles. The topological polar surface area (TPSA) is 109 Å². The van der Waals surface area contributed by atoms with Gasteiger partial charge in [0.05, 0.1) is 24.2 Å². The number of nitrogens with zero attached hydrogens (tertiary/aromatic N) is 3. The first kappa shape index (κ1) is 25.7. The van der Waals surface area contributed by atoms with Gasteiger partial charge in [-0.15, -0.1) is 0 Å². The lowest BCUT2D eigenvalue weighted by Crippen LogP contribution is -2.26. The van der Waals surface area contributed by atoms with Crippen molar-refractivity contribution < 1.29 is 27.9 Å². The number of carbonyl (C=O) groups excluding carboxylic acids is 1. The Hall–Kier alpha value is -3.89. The number of aromatic nitrogens is 3. The van der Waals surface area contributed by atoms with Crippen LogP contribution in [0.4, 0.5) is 19.0 Å². The molecule has 0 aliphatic carbocycles. The van der Waals surface area contributed by atoms with Crippen molar-refractivity contribution in [2.24, 2.45) is 0 Å². The van der Waals surface area contributed by atoms with Crippen LogP contribution in [0, 0.1) is 6.92 Å². The van der Waals surface area contributed by atoms with E-state index in [-0.39, 0.29) is 30.7 Å². The van der Waals surface area contributed by atoms with Gasteiger partial charge in [-0.05, 0) is 48.7 Å². The lowest BCUT2D eigenvalue weighted by molar-refractivity contribution is -0.138. The van der Waals surface area contributed by atoms with Gasteiger partial charge in [0, 0.05) is 18.3 Å². The first-order chi connectivity index (χ1) is 16.6. The fourth-order valence-electron chi connectivity index (χ4n) is 3.59. The summed E-state index contributed by atoms with van der Waals surface area (Å²) in [6.45, 7) is 3.94. The fourth-order valence-corrected chi connectivity index (χ4v) is 3.59. The Kier molecular flexibility index (Phi) is 8.10. The number of amides is 1. The zero-order valence-electron chi connectivity index (χ0n) is 19.3. The summed E-state index contributed by atoms with van der Waals surface area (Å²) in [6, 6.07) is 10.1. The first-order valence-corrected chi connectivity index (χ1v) is 11.0. The maximum absolute atomic E-state index is 12.9. The Balaban J connectivity index is 1.78. The number of anilines is 1. The molecule has 0 aliphatic rings. The Bertz CT molecular complexity index is 1190. The average Bonchev–Trinajstić information content (AvgIpc) is 3.30. The molecule has 186 valence electrons. The van der Waals surface area contributed by atoms with Gasteiger partial charge in [-0.1, -0.05) is 25.5 Å². The predicted molar refractivity (Wildman–Crippen MR) is 123 cm³/mol. The molecule has 2 aromatic heterocycles. The number of benzene rings is 1. The molecule has 1 unspecified atom stereocenters. The second-order valence-electron chi connectivity index (χ2n) is 8.01. The number of pyridine rings is 1. The Morgan fingerprint density at radius 1 is 1.20 bits per heavy atom. The number of carbonyl (C=O) groups is 2. The highest BCUT2D eigenvalue weighted by molar-refractivity contribution is 5.94. The number of rotatable bonds is 10. The predicted octanol–water partition coefficient (Wildman–Crippen LogP) is 4.75. The number of carboxylic acid groups (broad SMARTS) is 1. The van der Waals surface area contributed by atoms with Crippen LogP contribution in [0.25, 0.3) is 5.82 Å². The molecular formula is C24H26F3N5O3. The van der Waals surface area contributed by atoms with Gasteiger partial charge in [0.25, 0.3) is 5.91 Å². The van der Waals surface area contributed by atoms with Crippen molar-refractivity contribution >= 4 is 17.7 Å². The van der Waals surface area contributed by atoms with Gasteiger partial charge in [-0.25, -0.2) is 9.67 Å². The largest absolute Gasteiger partial charge is 0.481 e. The maximum Gasteiger partial charge on any atom is 0.419 e. The Labute approximate surface area is 200 Å². The third-order valence-corrected chi connectivity index (χ3v) is 5.31. The van der Waals surface area contributed by atoms with E-state index in [1.54, 1.807) is 30.3 Å². The van der Waals surface area contributed by atoms with Crippen LogP contribution in [-0.2, 0) is 11.0 Å². The third-order valence-electron chi connectivity index (χ3n) is 5.31. The quantitative estimate of drug-likeness (QED) is 0.379. The van der Waals surface area contributed by atoms with E-state index in [1.165, 1.54) is 0 Å². The Morgan fingerprint density at radius 3 is 2.60 bits per heavy atom. The van der Waals surface area contributed by atoms with Gasteiger partial charge in [-0.3, -0.25) is 9.59 Å². The van der Waals surface area contributed by atoms with Gasteiger partial charge in [-0.2, -0.15) is 18.3 Å². The second kappa shape index (κ2) is 11.0. The summed E-state index contributed by atoms with van der Waals surface area (Å²) >= 11 is 0. The lowest BCUT2D eigenvalue weighted by atomic mass is 9.95. The van der Waals surface area contributed by atoms with Gasteiger partial charge < -0.3 is 15.7 Å². The van der Waals surface area contributed by atoms with E-state index >= 15 is 0 Å². The van der Waals surface area contributed by atoms with Crippen molar-refractivity contribution in [3.63, 3.8) is 0 Å². The van der Waals surface area contributed by atoms with Crippen molar-refractivity contribution in [2.75, 3.05) is 11.9 Å². The van der Waals surface area contributed by atoms with Crippen LogP contribution < -0.4 is 10.6 Å². The van der Waals surface area contributed by atoms with E-state index in [0.29, 0.717) is 11.4 Å². The van der Waals surface area contributed by atoms with Crippen LogP contribution in [0.5, 0.6) is 0 Å². The van der Waals surface area contributed by atoms with Crippen molar-refractivity contribution in [3.05, 3.63) is 71.0 Å². The highest BCUT2D eigenvalue weighted by atomic mass is 19.4. The van der Waals surface area contributed by atoms with Crippen molar-refractivity contribution in [1.82, 2.24) is 20.1 Å². The van der Waals surface area contributed by atoms with Crippen LogP contribution >= 0.6 is 0 Å². The minimum absolute atomic E-state index is 0.0394. The Morgan fingerprint density at radius 2 is 1.97 bits per heavy atom. The lowest BCUT2D eigenvalue weighted by Gasteiger charge is -2.22. The molecule has 8 nitrogen and oxygen atoms in total. The zero-order valence-corrected chi connectivity index (χ0v) is 19.3. The number of hydrogen-bond acceptors (Lipinski definition) is 5. The van der Waals surface area contributed by atoms with Crippen molar-refractivity contribution in [3.8, 4) is 5.82 Å². The van der Waals surface area contributed by atoms with Crippen molar-refractivity contribution in [1.29, 1.82) is 0 Å². The van der Waals surface area contributed by atoms with E-state index in [9.17, 15) is 22.8 Å². The molecule has 1 atom stereocenters. The molecule has 1 amide bonds. The molecule has 1 aromatic carbocycles. The molecule has 3 aromatic rings. The number of carboxylic acids is 1. The summed E-state index contributed by atoms with van der Waals surface area (Å²) in [4.78, 5) is 27.4. The number of aryl methyl sites for hydroxylation is 1. The van der Waals surface area contributed by atoms with Crippen LogP contribution in [0.3, 0.4) is 0 Å². The normalized spacial score (nSPS) is 12.3. The highest BCUT2D eigenvalue weighted by Gasteiger charge is 2.32. The molecule has 3 rings (SSSR count). The van der Waals surface area contributed by atoms with E-state index in [2.05, 4.69) is 20.7 Å². The number of hydrogen-bond donors (Lipinski definition) is 3. The number of alkyl halides is 3. The standard InChI is InChI=1S/C24H26F3N5O3/c1-3-5-19(18-9-8-16(12-15(18)2)23(35)28-11-10-22(33)34)30-20-6-4-7-21(31-20)32-14-17(13-29-32)24(25,26)27/h4,6-9,12-14,19H,3,5,10-11H2,1-2H3,(H,28,35)(H,30,31)(H,33,34). The molecular weight excluding hydrogens is 463 g/mol. The van der Waals surface area contributed by atoms with Gasteiger partial charge in [0.15, 0.2) is 5.82 Å². The second-order valence-corrected chi connectivity index (χ2v) is 8.01. The molecule has 11 heteroatoms. The molecule has 35 heavy (non-hydrogen) atoms. The molecule has 0 radical (unpaired) electrons. The van der Waals surface area contributed by atoms with E-state index in [4.69, 9.17) is 5.11 Å². The highest BCUT2D eigenvalue weighted by Crippen LogP contribution is 2.30. The average molecular weight is 489 g/mol. The fraction of sp³-hybridized carbons (Fsp3) is 0.333. The molecule has 0 saturated carbocycles. The minimum Gasteiger partial charge on any atom is -0.481 e. The number of halogens is 3. The number of nitrogens with one attached hydrogen (secondary N) is 2. The van der Waals surface area contributed by atoms with Gasteiger partial charge >= 0.3 is 12.1 Å². The first-order valence-electron chi connectivity index (χ1n) is 11.0.